The summed E-state index contributed by atoms with van der Waals surface area (Å²) in [6, 6.07) is 9.52. The first-order valence-corrected chi connectivity index (χ1v) is 6.54. The molecule has 2 aromatic rings. The third kappa shape index (κ3) is 3.64. The van der Waals surface area contributed by atoms with Crippen LogP contribution in [0.4, 0.5) is 10.1 Å². The Balaban J connectivity index is 1.95. The fraction of sp³-hybridized carbons (Fsp3) is 0.0833. The molecule has 88 valence electrons. The Kier molecular flexibility index (Phi) is 3.91. The zero-order valence-corrected chi connectivity index (χ0v) is 11.1. The summed E-state index contributed by atoms with van der Waals surface area (Å²) >= 11 is 4.87. The molecule has 0 atom stereocenters. The molecular weight excluding hydrogens is 305 g/mol. The summed E-state index contributed by atoms with van der Waals surface area (Å²) in [5, 5.41) is 2.71. The highest BCUT2D eigenvalue weighted by Gasteiger charge is 2.06. The van der Waals surface area contributed by atoms with E-state index in [1.54, 1.807) is 0 Å². The summed E-state index contributed by atoms with van der Waals surface area (Å²) in [6.45, 7) is 0. The van der Waals surface area contributed by atoms with Gasteiger partial charge in [-0.05, 0) is 52.3 Å². The molecule has 0 radical (unpaired) electrons. The van der Waals surface area contributed by atoms with Crippen molar-refractivity contribution in [3.8, 4) is 0 Å². The topological polar surface area (TPSA) is 29.1 Å². The number of thiophene rings is 1. The Morgan fingerprint density at radius 3 is 2.53 bits per heavy atom. The third-order valence-electron chi connectivity index (χ3n) is 2.09. The van der Waals surface area contributed by atoms with E-state index >= 15 is 0 Å². The van der Waals surface area contributed by atoms with Crippen LogP contribution >= 0.6 is 27.3 Å². The van der Waals surface area contributed by atoms with E-state index in [-0.39, 0.29) is 11.7 Å². The molecule has 0 spiro atoms. The van der Waals surface area contributed by atoms with E-state index in [1.165, 1.54) is 35.6 Å². The Morgan fingerprint density at radius 2 is 1.94 bits per heavy atom. The highest BCUT2D eigenvalue weighted by molar-refractivity contribution is 9.11. The lowest BCUT2D eigenvalue weighted by atomic mass is 10.3. The zero-order chi connectivity index (χ0) is 12.3. The number of anilines is 1. The molecule has 0 aliphatic carbocycles. The maximum atomic E-state index is 12.7. The highest BCUT2D eigenvalue weighted by Crippen LogP contribution is 2.22. The summed E-state index contributed by atoms with van der Waals surface area (Å²) in [4.78, 5) is 12.6. The van der Waals surface area contributed by atoms with Crippen LogP contribution in [0.2, 0.25) is 0 Å². The van der Waals surface area contributed by atoms with Crippen LogP contribution < -0.4 is 5.32 Å². The van der Waals surface area contributed by atoms with Crippen LogP contribution in [0.1, 0.15) is 4.88 Å². The van der Waals surface area contributed by atoms with Crippen molar-refractivity contribution in [1.29, 1.82) is 0 Å². The summed E-state index contributed by atoms with van der Waals surface area (Å²) in [5.74, 6) is -0.420. The SMILES string of the molecule is O=C(Cc1ccc(Br)s1)Nc1ccc(F)cc1. The van der Waals surface area contributed by atoms with Crippen LogP contribution in [0.15, 0.2) is 40.2 Å². The van der Waals surface area contributed by atoms with Gasteiger partial charge in [-0.15, -0.1) is 11.3 Å². The summed E-state index contributed by atoms with van der Waals surface area (Å²) in [7, 11) is 0. The fourth-order valence-electron chi connectivity index (χ4n) is 1.34. The lowest BCUT2D eigenvalue weighted by Crippen LogP contribution is -2.13. The predicted molar refractivity (Wildman–Crippen MR) is 70.8 cm³/mol. The molecule has 0 unspecified atom stereocenters. The molecule has 1 amide bonds. The fourth-order valence-corrected chi connectivity index (χ4v) is 2.83. The minimum absolute atomic E-state index is 0.106. The molecule has 0 saturated heterocycles. The smallest absolute Gasteiger partial charge is 0.229 e. The van der Waals surface area contributed by atoms with Gasteiger partial charge in [-0.1, -0.05) is 0 Å². The van der Waals surface area contributed by atoms with Crippen molar-refractivity contribution in [3.63, 3.8) is 0 Å². The second-order valence-corrected chi connectivity index (χ2v) is 5.99. The minimum Gasteiger partial charge on any atom is -0.326 e. The van der Waals surface area contributed by atoms with Crippen molar-refractivity contribution in [2.24, 2.45) is 0 Å². The van der Waals surface area contributed by atoms with E-state index in [0.29, 0.717) is 12.1 Å². The molecule has 1 heterocycles. The quantitative estimate of drug-likeness (QED) is 0.916. The van der Waals surface area contributed by atoms with Gasteiger partial charge < -0.3 is 5.32 Å². The molecule has 0 fully saturated rings. The first-order chi connectivity index (χ1) is 8.13. The van der Waals surface area contributed by atoms with Crippen LogP contribution in [0.5, 0.6) is 0 Å². The van der Waals surface area contributed by atoms with Crippen LogP contribution in [0, 0.1) is 5.82 Å². The largest absolute Gasteiger partial charge is 0.326 e. The van der Waals surface area contributed by atoms with E-state index < -0.39 is 0 Å². The van der Waals surface area contributed by atoms with Gasteiger partial charge in [0, 0.05) is 10.6 Å². The number of carbonyl (C=O) groups is 1. The van der Waals surface area contributed by atoms with Gasteiger partial charge in [0.1, 0.15) is 5.82 Å². The Bertz CT molecular complexity index is 524. The molecule has 0 aliphatic rings. The number of halogens is 2. The van der Waals surface area contributed by atoms with Crippen LogP contribution in [-0.2, 0) is 11.2 Å². The average molecular weight is 314 g/mol. The van der Waals surface area contributed by atoms with Gasteiger partial charge in [0.2, 0.25) is 5.91 Å². The Labute approximate surface area is 111 Å². The average Bonchev–Trinajstić information content (AvgIpc) is 2.67. The van der Waals surface area contributed by atoms with E-state index in [9.17, 15) is 9.18 Å². The van der Waals surface area contributed by atoms with Gasteiger partial charge in [-0.3, -0.25) is 4.79 Å². The summed E-state index contributed by atoms with van der Waals surface area (Å²) in [5.41, 5.74) is 0.604. The van der Waals surface area contributed by atoms with Crippen molar-refractivity contribution >= 4 is 38.9 Å². The number of hydrogen-bond acceptors (Lipinski definition) is 2. The number of nitrogens with one attached hydrogen (secondary N) is 1. The van der Waals surface area contributed by atoms with Crippen LogP contribution in [0.3, 0.4) is 0 Å². The molecule has 1 aromatic carbocycles. The second kappa shape index (κ2) is 5.42. The van der Waals surface area contributed by atoms with Gasteiger partial charge in [-0.2, -0.15) is 0 Å². The maximum absolute atomic E-state index is 12.7. The van der Waals surface area contributed by atoms with E-state index in [4.69, 9.17) is 0 Å². The second-order valence-electron chi connectivity index (χ2n) is 3.44. The molecule has 2 rings (SSSR count). The molecule has 0 bridgehead atoms. The van der Waals surface area contributed by atoms with Crippen molar-refractivity contribution < 1.29 is 9.18 Å². The normalized spacial score (nSPS) is 10.2. The highest BCUT2D eigenvalue weighted by atomic mass is 79.9. The monoisotopic (exact) mass is 313 g/mol. The molecule has 1 N–H and O–H groups in total. The van der Waals surface area contributed by atoms with Crippen molar-refractivity contribution in [2.45, 2.75) is 6.42 Å². The van der Waals surface area contributed by atoms with Gasteiger partial charge >= 0.3 is 0 Å². The number of benzene rings is 1. The maximum Gasteiger partial charge on any atom is 0.229 e. The Hall–Kier alpha value is -1.20. The first kappa shape index (κ1) is 12.3. The molecule has 0 saturated carbocycles. The molecular formula is C12H9BrFNOS. The van der Waals surface area contributed by atoms with Gasteiger partial charge in [0.25, 0.3) is 0 Å². The minimum atomic E-state index is -0.315. The number of amides is 1. The molecule has 2 nitrogen and oxygen atoms in total. The lowest BCUT2D eigenvalue weighted by molar-refractivity contribution is -0.115. The van der Waals surface area contributed by atoms with E-state index in [2.05, 4.69) is 21.2 Å². The van der Waals surface area contributed by atoms with Gasteiger partial charge in [-0.25, -0.2) is 4.39 Å². The van der Waals surface area contributed by atoms with Crippen molar-refractivity contribution in [2.75, 3.05) is 5.32 Å². The lowest BCUT2D eigenvalue weighted by Gasteiger charge is -2.03. The predicted octanol–water partition coefficient (Wildman–Crippen LogP) is 3.83. The first-order valence-electron chi connectivity index (χ1n) is 4.93. The zero-order valence-electron chi connectivity index (χ0n) is 8.74. The molecule has 5 heteroatoms. The standard InChI is InChI=1S/C12H9BrFNOS/c13-11-6-5-10(17-11)7-12(16)15-9-3-1-8(14)2-4-9/h1-6H,7H2,(H,15,16). The van der Waals surface area contributed by atoms with Gasteiger partial charge in [0.15, 0.2) is 0 Å². The summed E-state index contributed by atoms with van der Waals surface area (Å²) in [6.07, 6.45) is 0.327. The third-order valence-corrected chi connectivity index (χ3v) is 3.72. The number of hydrogen-bond donors (Lipinski definition) is 1. The number of carbonyl (C=O) groups excluding carboxylic acids is 1. The molecule has 1 aromatic heterocycles. The number of rotatable bonds is 3. The van der Waals surface area contributed by atoms with Crippen LogP contribution in [0.25, 0.3) is 0 Å². The van der Waals surface area contributed by atoms with E-state index in [1.807, 2.05) is 12.1 Å². The van der Waals surface area contributed by atoms with E-state index in [0.717, 1.165) is 8.66 Å². The van der Waals surface area contributed by atoms with Crippen LogP contribution in [-0.4, -0.2) is 5.91 Å². The Morgan fingerprint density at radius 1 is 1.24 bits per heavy atom. The van der Waals surface area contributed by atoms with Crippen molar-refractivity contribution in [3.05, 3.63) is 50.9 Å². The molecule has 0 aliphatic heterocycles. The summed E-state index contributed by atoms with van der Waals surface area (Å²) < 4.78 is 13.7. The molecule has 17 heavy (non-hydrogen) atoms. The van der Waals surface area contributed by atoms with Gasteiger partial charge in [0.05, 0.1) is 10.2 Å². The van der Waals surface area contributed by atoms with Crippen molar-refractivity contribution in [1.82, 2.24) is 0 Å².